The van der Waals surface area contributed by atoms with E-state index in [1.807, 2.05) is 24.3 Å². The lowest BCUT2D eigenvalue weighted by atomic mass is 10.1. The summed E-state index contributed by atoms with van der Waals surface area (Å²) < 4.78 is 18.0. The third kappa shape index (κ3) is 4.97. The molecule has 2 aromatic rings. The summed E-state index contributed by atoms with van der Waals surface area (Å²) in [5.41, 5.74) is 1.64. The van der Waals surface area contributed by atoms with E-state index in [4.69, 9.17) is 4.74 Å². The summed E-state index contributed by atoms with van der Waals surface area (Å²) in [5.74, 6) is 0.520. The Hall–Kier alpha value is -3.09. The number of nitrogens with zero attached hydrogens (tertiary/aromatic N) is 1. The van der Waals surface area contributed by atoms with Gasteiger partial charge in [-0.1, -0.05) is 12.1 Å². The van der Waals surface area contributed by atoms with Gasteiger partial charge in [-0.2, -0.15) is 0 Å². The molecule has 0 radical (unpaired) electrons. The molecule has 1 atom stereocenters. The lowest BCUT2D eigenvalue weighted by molar-refractivity contribution is -0.117. The Labute approximate surface area is 157 Å². The van der Waals surface area contributed by atoms with Gasteiger partial charge in [0.15, 0.2) is 0 Å². The normalized spacial score (nSPS) is 16.3. The predicted octanol–water partition coefficient (Wildman–Crippen LogP) is 2.69. The van der Waals surface area contributed by atoms with Gasteiger partial charge in [0.05, 0.1) is 7.11 Å². The van der Waals surface area contributed by atoms with Crippen LogP contribution in [-0.4, -0.2) is 32.1 Å². The smallest absolute Gasteiger partial charge is 0.315 e. The van der Waals surface area contributed by atoms with Crippen LogP contribution in [0.2, 0.25) is 0 Å². The standard InChI is InChI=1S/C20H22FN3O3/c1-27-18-8-6-17(7-9-18)24-13-15(10-19(24)25)12-23-20(26)22-11-14-2-4-16(21)5-3-14/h2-9,15H,10-13H2,1H3,(H2,22,23,26)/t15-/m0/s1. The molecule has 3 amide bonds. The van der Waals surface area contributed by atoms with Crippen molar-refractivity contribution < 1.29 is 18.7 Å². The summed E-state index contributed by atoms with van der Waals surface area (Å²) in [6, 6.07) is 13.0. The Balaban J connectivity index is 1.45. The lowest BCUT2D eigenvalue weighted by Crippen LogP contribution is -2.38. The topological polar surface area (TPSA) is 70.7 Å². The number of benzene rings is 2. The number of ether oxygens (including phenoxy) is 1. The summed E-state index contributed by atoms with van der Waals surface area (Å²) in [4.78, 5) is 25.9. The summed E-state index contributed by atoms with van der Waals surface area (Å²) in [7, 11) is 1.60. The molecule has 142 valence electrons. The Morgan fingerprint density at radius 1 is 1.15 bits per heavy atom. The molecule has 0 aromatic heterocycles. The third-order valence-electron chi connectivity index (χ3n) is 4.51. The quantitative estimate of drug-likeness (QED) is 0.820. The molecule has 0 saturated carbocycles. The number of hydrogen-bond donors (Lipinski definition) is 2. The first-order chi connectivity index (χ1) is 13.0. The number of nitrogens with one attached hydrogen (secondary N) is 2. The number of rotatable bonds is 6. The van der Waals surface area contributed by atoms with Crippen LogP contribution in [0.25, 0.3) is 0 Å². The fourth-order valence-electron chi connectivity index (χ4n) is 3.01. The molecular weight excluding hydrogens is 349 g/mol. The molecule has 3 rings (SSSR count). The third-order valence-corrected chi connectivity index (χ3v) is 4.51. The Morgan fingerprint density at radius 3 is 2.52 bits per heavy atom. The van der Waals surface area contributed by atoms with Gasteiger partial charge in [0, 0.05) is 37.7 Å². The molecule has 1 fully saturated rings. The first-order valence-corrected chi connectivity index (χ1v) is 8.75. The minimum Gasteiger partial charge on any atom is -0.497 e. The van der Waals surface area contributed by atoms with Gasteiger partial charge in [-0.05, 0) is 42.0 Å². The van der Waals surface area contributed by atoms with E-state index in [-0.39, 0.29) is 23.7 Å². The van der Waals surface area contributed by atoms with Crippen LogP contribution in [-0.2, 0) is 11.3 Å². The number of methoxy groups -OCH3 is 1. The molecule has 1 saturated heterocycles. The Bertz CT molecular complexity index is 793. The van der Waals surface area contributed by atoms with Crippen LogP contribution in [0.3, 0.4) is 0 Å². The Kier molecular flexibility index (Phi) is 5.90. The zero-order valence-electron chi connectivity index (χ0n) is 15.1. The van der Waals surface area contributed by atoms with E-state index in [2.05, 4.69) is 10.6 Å². The number of amides is 3. The molecule has 0 bridgehead atoms. The van der Waals surface area contributed by atoms with Gasteiger partial charge in [0.1, 0.15) is 11.6 Å². The number of hydrogen-bond acceptors (Lipinski definition) is 3. The van der Waals surface area contributed by atoms with E-state index in [9.17, 15) is 14.0 Å². The highest BCUT2D eigenvalue weighted by molar-refractivity contribution is 5.95. The number of carbonyl (C=O) groups is 2. The van der Waals surface area contributed by atoms with Gasteiger partial charge in [0.25, 0.3) is 0 Å². The monoisotopic (exact) mass is 371 g/mol. The fraction of sp³-hybridized carbons (Fsp3) is 0.300. The van der Waals surface area contributed by atoms with E-state index >= 15 is 0 Å². The molecular formula is C20H22FN3O3. The number of anilines is 1. The van der Waals surface area contributed by atoms with Gasteiger partial charge in [-0.15, -0.1) is 0 Å². The van der Waals surface area contributed by atoms with Crippen LogP contribution in [0, 0.1) is 11.7 Å². The highest BCUT2D eigenvalue weighted by Gasteiger charge is 2.30. The van der Waals surface area contributed by atoms with E-state index in [0.29, 0.717) is 26.1 Å². The van der Waals surface area contributed by atoms with E-state index in [0.717, 1.165) is 17.0 Å². The molecule has 1 aliphatic heterocycles. The molecule has 7 heteroatoms. The minimum absolute atomic E-state index is 0.0405. The minimum atomic E-state index is -0.310. The maximum atomic E-state index is 12.9. The largest absolute Gasteiger partial charge is 0.497 e. The SMILES string of the molecule is COc1ccc(N2C[C@H](CNC(=O)NCc3ccc(F)cc3)CC2=O)cc1. The summed E-state index contributed by atoms with van der Waals surface area (Å²) >= 11 is 0. The van der Waals surface area contributed by atoms with Gasteiger partial charge < -0.3 is 20.3 Å². The van der Waals surface area contributed by atoms with Crippen LogP contribution in [0.4, 0.5) is 14.9 Å². The van der Waals surface area contributed by atoms with Crippen LogP contribution < -0.4 is 20.3 Å². The molecule has 27 heavy (non-hydrogen) atoms. The molecule has 2 N–H and O–H groups in total. The van der Waals surface area contributed by atoms with Crippen molar-refractivity contribution in [3.8, 4) is 5.75 Å². The van der Waals surface area contributed by atoms with Crippen LogP contribution in [0.15, 0.2) is 48.5 Å². The van der Waals surface area contributed by atoms with Gasteiger partial charge in [-0.25, -0.2) is 9.18 Å². The maximum absolute atomic E-state index is 12.9. The van der Waals surface area contributed by atoms with Crippen molar-refractivity contribution in [2.75, 3.05) is 25.1 Å². The molecule has 2 aromatic carbocycles. The molecule has 1 heterocycles. The molecule has 0 aliphatic carbocycles. The Morgan fingerprint density at radius 2 is 1.85 bits per heavy atom. The fourth-order valence-corrected chi connectivity index (χ4v) is 3.01. The van der Waals surface area contributed by atoms with Gasteiger partial charge >= 0.3 is 6.03 Å². The zero-order valence-corrected chi connectivity index (χ0v) is 15.1. The van der Waals surface area contributed by atoms with Gasteiger partial charge in [0.2, 0.25) is 5.91 Å². The lowest BCUT2D eigenvalue weighted by Gasteiger charge is -2.17. The summed E-state index contributed by atoms with van der Waals surface area (Å²) in [5, 5.41) is 5.52. The van der Waals surface area contributed by atoms with Crippen molar-refractivity contribution in [2.24, 2.45) is 5.92 Å². The number of urea groups is 1. The van der Waals surface area contributed by atoms with E-state index < -0.39 is 0 Å². The average molecular weight is 371 g/mol. The second kappa shape index (κ2) is 8.53. The zero-order chi connectivity index (χ0) is 19.2. The van der Waals surface area contributed by atoms with Crippen molar-refractivity contribution in [3.63, 3.8) is 0 Å². The van der Waals surface area contributed by atoms with Crippen molar-refractivity contribution >= 4 is 17.6 Å². The van der Waals surface area contributed by atoms with E-state index in [1.54, 1.807) is 24.1 Å². The highest BCUT2D eigenvalue weighted by atomic mass is 19.1. The second-order valence-electron chi connectivity index (χ2n) is 6.46. The summed E-state index contributed by atoms with van der Waals surface area (Å²) in [6.07, 6.45) is 0.393. The molecule has 1 aliphatic rings. The first-order valence-electron chi connectivity index (χ1n) is 8.75. The second-order valence-corrected chi connectivity index (χ2v) is 6.46. The predicted molar refractivity (Wildman–Crippen MR) is 100 cm³/mol. The van der Waals surface area contributed by atoms with Crippen molar-refractivity contribution in [2.45, 2.75) is 13.0 Å². The number of halogens is 1. The maximum Gasteiger partial charge on any atom is 0.315 e. The first kappa shape index (κ1) is 18.7. The van der Waals surface area contributed by atoms with Crippen LogP contribution >= 0.6 is 0 Å². The number of carbonyl (C=O) groups excluding carboxylic acids is 2. The van der Waals surface area contributed by atoms with Gasteiger partial charge in [-0.3, -0.25) is 4.79 Å². The highest BCUT2D eigenvalue weighted by Crippen LogP contribution is 2.26. The van der Waals surface area contributed by atoms with E-state index in [1.165, 1.54) is 12.1 Å². The van der Waals surface area contributed by atoms with Crippen molar-refractivity contribution in [1.82, 2.24) is 10.6 Å². The molecule has 0 unspecified atom stereocenters. The van der Waals surface area contributed by atoms with Crippen molar-refractivity contribution in [1.29, 1.82) is 0 Å². The molecule has 0 spiro atoms. The molecule has 6 nitrogen and oxygen atoms in total. The van der Waals surface area contributed by atoms with Crippen molar-refractivity contribution in [3.05, 3.63) is 59.9 Å². The van der Waals surface area contributed by atoms with Crippen LogP contribution in [0.1, 0.15) is 12.0 Å². The summed E-state index contributed by atoms with van der Waals surface area (Å²) in [6.45, 7) is 1.28. The average Bonchev–Trinajstić information content (AvgIpc) is 3.06. The van der Waals surface area contributed by atoms with Crippen LogP contribution in [0.5, 0.6) is 5.75 Å².